The van der Waals surface area contributed by atoms with Crippen molar-refractivity contribution in [3.8, 4) is 0 Å². The molecule has 1 aromatic carbocycles. The Kier molecular flexibility index (Phi) is 2.60. The summed E-state index contributed by atoms with van der Waals surface area (Å²) in [6.07, 6.45) is 3.84. The first-order chi connectivity index (χ1) is 9.74. The van der Waals surface area contributed by atoms with E-state index >= 15 is 0 Å². The second-order valence-corrected chi connectivity index (χ2v) is 6.02. The van der Waals surface area contributed by atoms with Crippen molar-refractivity contribution in [1.29, 1.82) is 0 Å². The smallest absolute Gasteiger partial charge is 0.257 e. The van der Waals surface area contributed by atoms with Crippen molar-refractivity contribution in [2.24, 2.45) is 17.6 Å². The first kappa shape index (κ1) is 12.0. The quantitative estimate of drug-likeness (QED) is 0.864. The van der Waals surface area contributed by atoms with Gasteiger partial charge in [0.05, 0.1) is 5.56 Å². The third-order valence-electron chi connectivity index (χ3n) is 4.91. The molecule has 0 spiro atoms. The minimum absolute atomic E-state index is 0.0801. The zero-order chi connectivity index (χ0) is 13.7. The second-order valence-electron chi connectivity index (χ2n) is 6.02. The van der Waals surface area contributed by atoms with Crippen molar-refractivity contribution in [1.82, 2.24) is 4.90 Å². The number of nitrogens with two attached hydrogens (primary N) is 1. The number of carbonyl (C=O) groups excluding carboxylic acids is 1. The van der Waals surface area contributed by atoms with Gasteiger partial charge in [0, 0.05) is 24.5 Å². The van der Waals surface area contributed by atoms with Gasteiger partial charge < -0.3 is 15.1 Å². The van der Waals surface area contributed by atoms with Gasteiger partial charge in [0.25, 0.3) is 5.91 Å². The predicted molar refractivity (Wildman–Crippen MR) is 76.3 cm³/mol. The van der Waals surface area contributed by atoms with E-state index in [1.165, 1.54) is 0 Å². The molecule has 4 nitrogen and oxygen atoms in total. The van der Waals surface area contributed by atoms with Crippen molar-refractivity contribution in [3.05, 3.63) is 36.1 Å². The van der Waals surface area contributed by atoms with Gasteiger partial charge in [-0.3, -0.25) is 4.79 Å². The fraction of sp³-hybridized carbons (Fsp3) is 0.438. The van der Waals surface area contributed by atoms with Gasteiger partial charge in [0.2, 0.25) is 0 Å². The molecule has 2 heterocycles. The number of amides is 1. The number of nitrogens with zero attached hydrogens (tertiary/aromatic N) is 1. The number of para-hydroxylation sites is 1. The molecule has 104 valence electrons. The number of likely N-dealkylation sites (tertiary alicyclic amines) is 1. The molecule has 2 aliphatic rings. The topological polar surface area (TPSA) is 59.5 Å². The summed E-state index contributed by atoms with van der Waals surface area (Å²) in [4.78, 5) is 14.6. The first-order valence-electron chi connectivity index (χ1n) is 7.25. The van der Waals surface area contributed by atoms with Gasteiger partial charge >= 0.3 is 0 Å². The van der Waals surface area contributed by atoms with Gasteiger partial charge in [0.1, 0.15) is 11.8 Å². The van der Waals surface area contributed by atoms with Crippen LogP contribution in [0.5, 0.6) is 0 Å². The normalized spacial score (nSPS) is 29.1. The lowest BCUT2D eigenvalue weighted by Crippen LogP contribution is -2.33. The van der Waals surface area contributed by atoms with Crippen LogP contribution in [0.1, 0.15) is 23.2 Å². The molecule has 2 fully saturated rings. The third kappa shape index (κ3) is 1.68. The first-order valence-corrected chi connectivity index (χ1v) is 7.25. The second kappa shape index (κ2) is 4.35. The molecule has 2 aromatic rings. The Morgan fingerprint density at radius 3 is 2.95 bits per heavy atom. The molecule has 4 heteroatoms. The van der Waals surface area contributed by atoms with Crippen molar-refractivity contribution < 1.29 is 9.21 Å². The number of furan rings is 1. The Hall–Kier alpha value is -1.81. The molecule has 1 aliphatic carbocycles. The molecular weight excluding hydrogens is 252 g/mol. The number of fused-ring (bicyclic) bond motifs is 2. The molecule has 1 aliphatic heterocycles. The zero-order valence-electron chi connectivity index (χ0n) is 11.3. The number of hydrogen-bond acceptors (Lipinski definition) is 3. The summed E-state index contributed by atoms with van der Waals surface area (Å²) in [7, 11) is 0. The van der Waals surface area contributed by atoms with E-state index in [0.29, 0.717) is 17.4 Å². The molecule has 0 bridgehead atoms. The minimum Gasteiger partial charge on any atom is -0.463 e. The molecule has 0 radical (unpaired) electrons. The summed E-state index contributed by atoms with van der Waals surface area (Å²) in [5.74, 6) is 1.15. The van der Waals surface area contributed by atoms with Crippen LogP contribution in [0, 0.1) is 11.8 Å². The van der Waals surface area contributed by atoms with Gasteiger partial charge in [-0.15, -0.1) is 0 Å². The summed E-state index contributed by atoms with van der Waals surface area (Å²) >= 11 is 0. The Morgan fingerprint density at radius 2 is 2.10 bits per heavy atom. The van der Waals surface area contributed by atoms with Crippen LogP contribution in [0.25, 0.3) is 11.0 Å². The van der Waals surface area contributed by atoms with Gasteiger partial charge in [-0.1, -0.05) is 18.2 Å². The van der Waals surface area contributed by atoms with Crippen molar-refractivity contribution >= 4 is 16.9 Å². The maximum absolute atomic E-state index is 12.7. The number of rotatable bonds is 1. The maximum Gasteiger partial charge on any atom is 0.257 e. The minimum atomic E-state index is 0.0801. The Labute approximate surface area is 117 Å². The summed E-state index contributed by atoms with van der Waals surface area (Å²) in [5.41, 5.74) is 7.58. The van der Waals surface area contributed by atoms with E-state index in [4.69, 9.17) is 10.2 Å². The van der Waals surface area contributed by atoms with Crippen LogP contribution in [0.15, 0.2) is 34.9 Å². The number of hydrogen-bond donors (Lipinski definition) is 1. The molecule has 0 unspecified atom stereocenters. The Balaban J connectivity index is 1.62. The van der Waals surface area contributed by atoms with Gasteiger partial charge in [-0.05, 0) is 30.7 Å². The van der Waals surface area contributed by atoms with Crippen LogP contribution in [0.3, 0.4) is 0 Å². The van der Waals surface area contributed by atoms with Crippen LogP contribution < -0.4 is 5.73 Å². The maximum atomic E-state index is 12.7. The molecule has 3 atom stereocenters. The van der Waals surface area contributed by atoms with Gasteiger partial charge in [0.15, 0.2) is 0 Å². The molecule has 2 N–H and O–H groups in total. The summed E-state index contributed by atoms with van der Waals surface area (Å²) < 4.78 is 5.47. The van der Waals surface area contributed by atoms with Crippen LogP contribution in [-0.4, -0.2) is 29.9 Å². The highest BCUT2D eigenvalue weighted by molar-refractivity contribution is 6.06. The van der Waals surface area contributed by atoms with E-state index in [1.807, 2.05) is 29.2 Å². The van der Waals surface area contributed by atoms with Gasteiger partial charge in [-0.25, -0.2) is 0 Å². The largest absolute Gasteiger partial charge is 0.463 e. The Bertz CT molecular complexity index is 663. The predicted octanol–water partition coefficient (Wildman–Crippen LogP) is 2.24. The molecule has 20 heavy (non-hydrogen) atoms. The standard InChI is InChI=1S/C16H18N2O2/c17-14-6-5-10-7-18(8-12(10)14)16(19)13-9-20-15-4-2-1-3-11(13)15/h1-4,9-10,12,14H,5-8,17H2/t10-,12+,14-/m1/s1. The molecule has 1 aromatic heterocycles. The van der Waals surface area contributed by atoms with Crippen LogP contribution in [-0.2, 0) is 0 Å². The zero-order valence-corrected chi connectivity index (χ0v) is 11.3. The van der Waals surface area contributed by atoms with E-state index in [-0.39, 0.29) is 11.9 Å². The van der Waals surface area contributed by atoms with Crippen LogP contribution in [0.4, 0.5) is 0 Å². The lowest BCUT2D eigenvalue weighted by Gasteiger charge is -2.18. The highest BCUT2D eigenvalue weighted by Crippen LogP contribution is 2.38. The summed E-state index contributed by atoms with van der Waals surface area (Å²) in [6, 6.07) is 7.94. The Morgan fingerprint density at radius 1 is 1.25 bits per heavy atom. The molecule has 1 amide bonds. The molecular formula is C16H18N2O2. The monoisotopic (exact) mass is 270 g/mol. The summed E-state index contributed by atoms with van der Waals surface area (Å²) in [6.45, 7) is 1.64. The van der Waals surface area contributed by atoms with Crippen molar-refractivity contribution in [2.75, 3.05) is 13.1 Å². The third-order valence-corrected chi connectivity index (χ3v) is 4.91. The number of benzene rings is 1. The highest BCUT2D eigenvalue weighted by Gasteiger charge is 2.42. The van der Waals surface area contributed by atoms with E-state index in [2.05, 4.69) is 0 Å². The highest BCUT2D eigenvalue weighted by atomic mass is 16.3. The number of carbonyl (C=O) groups is 1. The van der Waals surface area contributed by atoms with Crippen LogP contribution in [0.2, 0.25) is 0 Å². The van der Waals surface area contributed by atoms with E-state index in [1.54, 1.807) is 6.26 Å². The lowest BCUT2D eigenvalue weighted by molar-refractivity contribution is 0.0780. The fourth-order valence-corrected chi connectivity index (χ4v) is 3.79. The van der Waals surface area contributed by atoms with E-state index in [9.17, 15) is 4.79 Å². The van der Waals surface area contributed by atoms with Gasteiger partial charge in [-0.2, -0.15) is 0 Å². The molecule has 4 rings (SSSR count). The summed E-state index contributed by atoms with van der Waals surface area (Å²) in [5, 5.41) is 0.902. The van der Waals surface area contributed by atoms with E-state index in [0.717, 1.165) is 36.9 Å². The molecule has 1 saturated carbocycles. The average Bonchev–Trinajstić information content (AvgIpc) is 3.14. The SMILES string of the molecule is N[C@@H]1CC[C@@H]2CN(C(=O)c3coc4ccccc34)C[C@@H]21. The van der Waals surface area contributed by atoms with Crippen LogP contribution >= 0.6 is 0 Å². The average molecular weight is 270 g/mol. The lowest BCUT2D eigenvalue weighted by atomic mass is 9.98. The van der Waals surface area contributed by atoms with E-state index < -0.39 is 0 Å². The molecule has 1 saturated heterocycles. The van der Waals surface area contributed by atoms with Crippen molar-refractivity contribution in [2.45, 2.75) is 18.9 Å². The van der Waals surface area contributed by atoms with Crippen molar-refractivity contribution in [3.63, 3.8) is 0 Å². The fourth-order valence-electron chi connectivity index (χ4n) is 3.79.